The summed E-state index contributed by atoms with van der Waals surface area (Å²) < 4.78 is 10.6. The van der Waals surface area contributed by atoms with E-state index in [1.807, 2.05) is 4.90 Å². The monoisotopic (exact) mass is 397 g/mol. The summed E-state index contributed by atoms with van der Waals surface area (Å²) in [6.45, 7) is 3.48. The third-order valence-electron chi connectivity index (χ3n) is 5.10. The van der Waals surface area contributed by atoms with Gasteiger partial charge < -0.3 is 29.9 Å². The van der Waals surface area contributed by atoms with Crippen LogP contribution in [-0.4, -0.2) is 100 Å². The Morgan fingerprint density at radius 2 is 2.00 bits per heavy atom. The molecule has 2 heterocycles. The normalized spacial score (nSPS) is 20.9. The molecule has 0 spiro atoms. The van der Waals surface area contributed by atoms with E-state index in [4.69, 9.17) is 9.47 Å². The molecule has 0 bridgehead atoms. The number of hydrogen-bond acceptors (Lipinski definition) is 5. The van der Waals surface area contributed by atoms with Crippen LogP contribution in [0.1, 0.15) is 32.1 Å². The van der Waals surface area contributed by atoms with E-state index in [1.165, 1.54) is 4.90 Å². The zero-order chi connectivity index (χ0) is 20.4. The predicted octanol–water partition coefficient (Wildman–Crippen LogP) is -0.184. The number of guanidine groups is 1. The molecular formula is C19H35N5O4. The van der Waals surface area contributed by atoms with E-state index in [1.54, 1.807) is 21.2 Å². The van der Waals surface area contributed by atoms with Crippen molar-refractivity contribution in [1.29, 1.82) is 0 Å². The number of nitrogens with zero attached hydrogens (tertiary/aromatic N) is 3. The van der Waals surface area contributed by atoms with Crippen molar-refractivity contribution in [2.24, 2.45) is 4.99 Å². The van der Waals surface area contributed by atoms with Gasteiger partial charge in [0.1, 0.15) is 6.54 Å². The van der Waals surface area contributed by atoms with Gasteiger partial charge in [0.05, 0.1) is 19.1 Å². The van der Waals surface area contributed by atoms with E-state index in [9.17, 15) is 9.59 Å². The van der Waals surface area contributed by atoms with Crippen molar-refractivity contribution in [3.8, 4) is 0 Å². The van der Waals surface area contributed by atoms with Crippen LogP contribution < -0.4 is 10.6 Å². The van der Waals surface area contributed by atoms with Gasteiger partial charge in [0, 0.05) is 53.5 Å². The number of carbonyl (C=O) groups is 2. The molecule has 2 aliphatic rings. The van der Waals surface area contributed by atoms with Crippen LogP contribution in [0, 0.1) is 0 Å². The van der Waals surface area contributed by atoms with Gasteiger partial charge in [0.25, 0.3) is 0 Å². The molecule has 9 heteroatoms. The molecule has 0 aromatic heterocycles. The van der Waals surface area contributed by atoms with Crippen molar-refractivity contribution in [1.82, 2.24) is 20.4 Å². The fourth-order valence-corrected chi connectivity index (χ4v) is 3.27. The predicted molar refractivity (Wildman–Crippen MR) is 107 cm³/mol. The summed E-state index contributed by atoms with van der Waals surface area (Å²) in [6.07, 6.45) is 4.44. The van der Waals surface area contributed by atoms with Gasteiger partial charge in [-0.05, 0) is 25.7 Å². The van der Waals surface area contributed by atoms with Crippen LogP contribution in [0.5, 0.6) is 0 Å². The van der Waals surface area contributed by atoms with Gasteiger partial charge in [-0.1, -0.05) is 0 Å². The Labute approximate surface area is 167 Å². The van der Waals surface area contributed by atoms with Crippen LogP contribution in [0.3, 0.4) is 0 Å². The minimum atomic E-state index is -0.0447. The zero-order valence-corrected chi connectivity index (χ0v) is 17.4. The maximum Gasteiger partial charge on any atom is 0.243 e. The number of likely N-dealkylation sites (tertiary alicyclic amines) is 1. The van der Waals surface area contributed by atoms with E-state index in [2.05, 4.69) is 15.6 Å². The molecular weight excluding hydrogens is 362 g/mol. The molecule has 2 N–H and O–H groups in total. The van der Waals surface area contributed by atoms with Crippen LogP contribution in [-0.2, 0) is 19.1 Å². The summed E-state index contributed by atoms with van der Waals surface area (Å²) in [5.74, 6) is 0.730. The van der Waals surface area contributed by atoms with Crippen LogP contribution in [0.25, 0.3) is 0 Å². The van der Waals surface area contributed by atoms with Gasteiger partial charge in [0.2, 0.25) is 11.8 Å². The van der Waals surface area contributed by atoms with Gasteiger partial charge >= 0.3 is 0 Å². The lowest BCUT2D eigenvalue weighted by molar-refractivity contribution is -0.133. The van der Waals surface area contributed by atoms with Gasteiger partial charge in [-0.15, -0.1) is 0 Å². The Kier molecular flexibility index (Phi) is 9.49. The maximum atomic E-state index is 12.1. The van der Waals surface area contributed by atoms with Crippen molar-refractivity contribution >= 4 is 17.8 Å². The van der Waals surface area contributed by atoms with E-state index in [0.29, 0.717) is 25.5 Å². The molecule has 1 atom stereocenters. The second-order valence-corrected chi connectivity index (χ2v) is 7.51. The highest BCUT2D eigenvalue weighted by Crippen LogP contribution is 2.12. The summed E-state index contributed by atoms with van der Waals surface area (Å²) >= 11 is 0. The number of piperidine rings is 1. The van der Waals surface area contributed by atoms with Crippen LogP contribution in [0.15, 0.2) is 4.99 Å². The molecule has 9 nitrogen and oxygen atoms in total. The highest BCUT2D eigenvalue weighted by molar-refractivity contribution is 5.85. The van der Waals surface area contributed by atoms with E-state index >= 15 is 0 Å². The highest BCUT2D eigenvalue weighted by atomic mass is 16.5. The average Bonchev–Trinajstić information content (AvgIpc) is 3.22. The summed E-state index contributed by atoms with van der Waals surface area (Å²) in [6, 6.07) is 0.219. The summed E-state index contributed by atoms with van der Waals surface area (Å²) in [4.78, 5) is 31.9. The Morgan fingerprint density at radius 1 is 1.25 bits per heavy atom. The minimum Gasteiger partial charge on any atom is -0.384 e. The van der Waals surface area contributed by atoms with E-state index in [-0.39, 0.29) is 30.5 Å². The number of amides is 2. The molecule has 0 aromatic carbocycles. The Morgan fingerprint density at radius 3 is 2.61 bits per heavy atom. The van der Waals surface area contributed by atoms with Crippen molar-refractivity contribution in [3.05, 3.63) is 0 Å². The SMILES string of the molecule is COCCC(=O)N1CCC(NC(=NCC(=O)N(C)C)NCC2CCCO2)CC1. The number of rotatable bonds is 8. The second-order valence-electron chi connectivity index (χ2n) is 7.51. The second kappa shape index (κ2) is 11.9. The number of likely N-dealkylation sites (N-methyl/N-ethyl adjacent to an activating group) is 1. The number of nitrogens with one attached hydrogen (secondary N) is 2. The largest absolute Gasteiger partial charge is 0.384 e. The number of carbonyl (C=O) groups excluding carboxylic acids is 2. The van der Waals surface area contributed by atoms with Crippen molar-refractivity contribution in [2.45, 2.75) is 44.2 Å². The van der Waals surface area contributed by atoms with Crippen molar-refractivity contribution < 1.29 is 19.1 Å². The Balaban J connectivity index is 1.84. The number of ether oxygens (including phenoxy) is 2. The molecule has 0 aromatic rings. The molecule has 2 saturated heterocycles. The van der Waals surface area contributed by atoms with Gasteiger partial charge in [-0.25, -0.2) is 4.99 Å². The molecule has 0 saturated carbocycles. The molecule has 0 aliphatic carbocycles. The topological polar surface area (TPSA) is 95.5 Å². The lowest BCUT2D eigenvalue weighted by Gasteiger charge is -2.33. The highest BCUT2D eigenvalue weighted by Gasteiger charge is 2.24. The quantitative estimate of drug-likeness (QED) is 0.436. The zero-order valence-electron chi connectivity index (χ0n) is 17.4. The molecule has 2 rings (SSSR count). The van der Waals surface area contributed by atoms with Gasteiger partial charge in [0.15, 0.2) is 5.96 Å². The van der Waals surface area contributed by atoms with Crippen LogP contribution in [0.4, 0.5) is 0 Å². The Bertz CT molecular complexity index is 526. The van der Waals surface area contributed by atoms with Gasteiger partial charge in [-0.3, -0.25) is 9.59 Å². The lowest BCUT2D eigenvalue weighted by Crippen LogP contribution is -2.51. The molecule has 160 valence electrons. The smallest absolute Gasteiger partial charge is 0.243 e. The molecule has 2 aliphatic heterocycles. The van der Waals surface area contributed by atoms with Crippen LogP contribution in [0.2, 0.25) is 0 Å². The fraction of sp³-hybridized carbons (Fsp3) is 0.842. The minimum absolute atomic E-state index is 0.0447. The third kappa shape index (κ3) is 7.63. The molecule has 1 unspecified atom stereocenters. The first-order valence-corrected chi connectivity index (χ1v) is 10.1. The van der Waals surface area contributed by atoms with E-state index in [0.717, 1.165) is 45.4 Å². The van der Waals surface area contributed by atoms with Crippen LogP contribution >= 0.6 is 0 Å². The van der Waals surface area contributed by atoms with E-state index < -0.39 is 0 Å². The lowest BCUT2D eigenvalue weighted by atomic mass is 10.0. The first-order chi connectivity index (χ1) is 13.5. The fourth-order valence-electron chi connectivity index (χ4n) is 3.27. The summed E-state index contributed by atoms with van der Waals surface area (Å²) in [5.41, 5.74) is 0. The average molecular weight is 398 g/mol. The molecule has 0 radical (unpaired) electrons. The van der Waals surface area contributed by atoms with Crippen molar-refractivity contribution in [2.75, 3.05) is 60.6 Å². The molecule has 2 fully saturated rings. The number of hydrogen-bond donors (Lipinski definition) is 2. The first-order valence-electron chi connectivity index (χ1n) is 10.1. The summed E-state index contributed by atoms with van der Waals surface area (Å²) in [5, 5.41) is 6.74. The molecule has 2 amide bonds. The number of methoxy groups -OCH3 is 1. The first kappa shape index (κ1) is 22.4. The third-order valence-corrected chi connectivity index (χ3v) is 5.10. The summed E-state index contributed by atoms with van der Waals surface area (Å²) in [7, 11) is 5.05. The maximum absolute atomic E-state index is 12.1. The van der Waals surface area contributed by atoms with Gasteiger partial charge in [-0.2, -0.15) is 0 Å². The Hall–Kier alpha value is -1.87. The standard InChI is InChI=1S/C19H35N5O4/c1-23(2)18(26)14-21-19(20-13-16-5-4-11-28-16)22-15-6-9-24(10-7-15)17(25)8-12-27-3/h15-16H,4-14H2,1-3H3,(H2,20,21,22). The van der Waals surface area contributed by atoms with Crippen molar-refractivity contribution in [3.63, 3.8) is 0 Å². The number of aliphatic imine (C=N–C) groups is 1. The molecule has 28 heavy (non-hydrogen) atoms.